The molecule has 0 fully saturated rings. The van der Waals surface area contributed by atoms with Gasteiger partial charge in [-0.15, -0.1) is 0 Å². The van der Waals surface area contributed by atoms with Gasteiger partial charge in [0, 0.05) is 30.3 Å². The van der Waals surface area contributed by atoms with E-state index in [0.717, 1.165) is 17.7 Å². The third-order valence-corrected chi connectivity index (χ3v) is 3.66. The summed E-state index contributed by atoms with van der Waals surface area (Å²) in [5, 5.41) is 5.56. The number of methoxy groups -OCH3 is 1. The van der Waals surface area contributed by atoms with Crippen LogP contribution >= 0.6 is 0 Å². The zero-order valence-corrected chi connectivity index (χ0v) is 14.2. The number of anilines is 1. The molecule has 0 heterocycles. The summed E-state index contributed by atoms with van der Waals surface area (Å²) in [6, 6.07) is 12.7. The smallest absolute Gasteiger partial charge is 0.251 e. The molecule has 0 aromatic heterocycles. The van der Waals surface area contributed by atoms with Crippen molar-refractivity contribution in [2.24, 2.45) is 0 Å². The summed E-state index contributed by atoms with van der Waals surface area (Å²) in [4.78, 5) is 23.3. The molecule has 2 N–H and O–H groups in total. The van der Waals surface area contributed by atoms with Crippen LogP contribution in [0.2, 0.25) is 0 Å². The van der Waals surface area contributed by atoms with Gasteiger partial charge in [-0.2, -0.15) is 0 Å². The summed E-state index contributed by atoms with van der Waals surface area (Å²) in [6.45, 7) is 3.92. The van der Waals surface area contributed by atoms with Crippen molar-refractivity contribution in [3.63, 3.8) is 0 Å². The second-order valence-electron chi connectivity index (χ2n) is 5.44. The Balaban J connectivity index is 2.04. The van der Waals surface area contributed by atoms with Crippen molar-refractivity contribution in [3.05, 3.63) is 59.2 Å². The van der Waals surface area contributed by atoms with Crippen LogP contribution in [0.1, 0.15) is 35.3 Å². The molecule has 2 rings (SSSR count). The number of ether oxygens (including phenoxy) is 1. The van der Waals surface area contributed by atoms with E-state index >= 15 is 0 Å². The molecule has 0 unspecified atom stereocenters. The first kappa shape index (κ1) is 17.5. The predicted octanol–water partition coefficient (Wildman–Crippen LogP) is 3.15. The highest BCUT2D eigenvalue weighted by atomic mass is 16.5. The summed E-state index contributed by atoms with van der Waals surface area (Å²) >= 11 is 0. The van der Waals surface area contributed by atoms with Crippen LogP contribution in [-0.4, -0.2) is 18.9 Å². The second-order valence-corrected chi connectivity index (χ2v) is 5.44. The Morgan fingerprint density at radius 3 is 2.38 bits per heavy atom. The molecule has 0 spiro atoms. The van der Waals surface area contributed by atoms with E-state index in [1.807, 2.05) is 18.2 Å². The fourth-order valence-corrected chi connectivity index (χ4v) is 2.38. The van der Waals surface area contributed by atoms with Gasteiger partial charge in [0.25, 0.3) is 5.91 Å². The molecule has 2 amide bonds. The zero-order valence-electron chi connectivity index (χ0n) is 14.2. The summed E-state index contributed by atoms with van der Waals surface area (Å²) in [7, 11) is 1.62. The van der Waals surface area contributed by atoms with Crippen LogP contribution in [0.5, 0.6) is 5.75 Å². The fraction of sp³-hybridized carbons (Fsp3) is 0.263. The Labute approximate surface area is 142 Å². The Bertz CT molecular complexity index is 724. The Kier molecular flexibility index (Phi) is 5.95. The molecule has 0 aliphatic heterocycles. The average molecular weight is 326 g/mol. The molecule has 0 radical (unpaired) electrons. The molecule has 0 saturated heterocycles. The van der Waals surface area contributed by atoms with Crippen LogP contribution in [0.15, 0.2) is 42.5 Å². The van der Waals surface area contributed by atoms with Crippen molar-refractivity contribution in [1.29, 1.82) is 0 Å². The first-order valence-electron chi connectivity index (χ1n) is 7.85. The molecule has 2 aromatic rings. The zero-order chi connectivity index (χ0) is 17.5. The van der Waals surface area contributed by atoms with Gasteiger partial charge in [-0.25, -0.2) is 0 Å². The molecule has 126 valence electrons. The maximum atomic E-state index is 12.3. The molecule has 0 atom stereocenters. The van der Waals surface area contributed by atoms with Gasteiger partial charge in [0.2, 0.25) is 5.91 Å². The standard InChI is InChI=1S/C19H22N2O3/c1-4-14-5-10-18(24-3)16(11-14)12-20-19(23)15-6-8-17(9-7-15)21-13(2)22/h5-11H,4,12H2,1-3H3,(H,20,23)(H,21,22). The highest BCUT2D eigenvalue weighted by molar-refractivity contribution is 5.95. The molecule has 0 bridgehead atoms. The van der Waals surface area contributed by atoms with Gasteiger partial charge in [-0.3, -0.25) is 9.59 Å². The largest absolute Gasteiger partial charge is 0.496 e. The fourth-order valence-electron chi connectivity index (χ4n) is 2.38. The average Bonchev–Trinajstić information content (AvgIpc) is 2.59. The molecular formula is C19H22N2O3. The lowest BCUT2D eigenvalue weighted by atomic mass is 10.1. The van der Waals surface area contributed by atoms with Crippen LogP contribution in [0, 0.1) is 0 Å². The first-order chi connectivity index (χ1) is 11.5. The molecule has 5 heteroatoms. The van der Waals surface area contributed by atoms with Crippen LogP contribution in [0.4, 0.5) is 5.69 Å². The van der Waals surface area contributed by atoms with Crippen LogP contribution in [0.25, 0.3) is 0 Å². The predicted molar refractivity (Wildman–Crippen MR) is 94.3 cm³/mol. The Morgan fingerprint density at radius 1 is 1.08 bits per heavy atom. The highest BCUT2D eigenvalue weighted by Crippen LogP contribution is 2.20. The van der Waals surface area contributed by atoms with Gasteiger partial charge >= 0.3 is 0 Å². The Morgan fingerprint density at radius 2 is 1.79 bits per heavy atom. The molecule has 0 aliphatic carbocycles. The van der Waals surface area contributed by atoms with Crippen LogP contribution in [0.3, 0.4) is 0 Å². The molecule has 0 aliphatic rings. The molecule has 0 saturated carbocycles. The summed E-state index contributed by atoms with van der Waals surface area (Å²) in [6.07, 6.45) is 0.926. The molecule has 5 nitrogen and oxygen atoms in total. The normalized spacial score (nSPS) is 10.1. The number of amides is 2. The monoisotopic (exact) mass is 326 g/mol. The lowest BCUT2D eigenvalue weighted by molar-refractivity contribution is -0.114. The molecule has 2 aromatic carbocycles. The third-order valence-electron chi connectivity index (χ3n) is 3.66. The van der Waals surface area contributed by atoms with E-state index in [4.69, 9.17) is 4.74 Å². The number of carbonyl (C=O) groups is 2. The van der Waals surface area contributed by atoms with Crippen molar-refractivity contribution in [2.75, 3.05) is 12.4 Å². The summed E-state index contributed by atoms with van der Waals surface area (Å²) in [5.41, 5.74) is 3.34. The molecular weight excluding hydrogens is 304 g/mol. The van der Waals surface area contributed by atoms with Crippen molar-refractivity contribution in [2.45, 2.75) is 26.8 Å². The van der Waals surface area contributed by atoms with E-state index in [2.05, 4.69) is 17.6 Å². The second kappa shape index (κ2) is 8.15. The third kappa shape index (κ3) is 4.59. The highest BCUT2D eigenvalue weighted by Gasteiger charge is 2.09. The molecule has 24 heavy (non-hydrogen) atoms. The van der Waals surface area contributed by atoms with E-state index in [1.54, 1.807) is 31.4 Å². The summed E-state index contributed by atoms with van der Waals surface area (Å²) < 4.78 is 5.34. The minimum Gasteiger partial charge on any atom is -0.496 e. The number of hydrogen-bond donors (Lipinski definition) is 2. The van der Waals surface area contributed by atoms with Crippen molar-refractivity contribution in [3.8, 4) is 5.75 Å². The topological polar surface area (TPSA) is 67.4 Å². The van der Waals surface area contributed by atoms with Gasteiger partial charge in [0.1, 0.15) is 5.75 Å². The number of aryl methyl sites for hydroxylation is 1. The van der Waals surface area contributed by atoms with Gasteiger partial charge < -0.3 is 15.4 Å². The van der Waals surface area contributed by atoms with Gasteiger partial charge in [0.05, 0.1) is 7.11 Å². The van der Waals surface area contributed by atoms with Gasteiger partial charge in [0.15, 0.2) is 0 Å². The van der Waals surface area contributed by atoms with E-state index in [1.165, 1.54) is 12.5 Å². The number of benzene rings is 2. The van der Waals surface area contributed by atoms with E-state index in [0.29, 0.717) is 17.8 Å². The van der Waals surface area contributed by atoms with Crippen molar-refractivity contribution >= 4 is 17.5 Å². The Hall–Kier alpha value is -2.82. The lowest BCUT2D eigenvalue weighted by Crippen LogP contribution is -2.23. The van der Waals surface area contributed by atoms with E-state index in [-0.39, 0.29) is 11.8 Å². The minimum absolute atomic E-state index is 0.143. The quantitative estimate of drug-likeness (QED) is 0.857. The maximum absolute atomic E-state index is 12.3. The van der Waals surface area contributed by atoms with Crippen molar-refractivity contribution in [1.82, 2.24) is 5.32 Å². The van der Waals surface area contributed by atoms with Gasteiger partial charge in [-0.05, 0) is 42.3 Å². The van der Waals surface area contributed by atoms with Gasteiger partial charge in [-0.1, -0.05) is 19.1 Å². The maximum Gasteiger partial charge on any atom is 0.251 e. The van der Waals surface area contributed by atoms with E-state index in [9.17, 15) is 9.59 Å². The number of carbonyl (C=O) groups excluding carboxylic acids is 2. The van der Waals surface area contributed by atoms with Crippen LogP contribution < -0.4 is 15.4 Å². The van der Waals surface area contributed by atoms with E-state index < -0.39 is 0 Å². The SMILES string of the molecule is CCc1ccc(OC)c(CNC(=O)c2ccc(NC(C)=O)cc2)c1. The lowest BCUT2D eigenvalue weighted by Gasteiger charge is -2.12. The number of nitrogens with one attached hydrogen (secondary N) is 2. The summed E-state index contributed by atoms with van der Waals surface area (Å²) in [5.74, 6) is 0.442. The van der Waals surface area contributed by atoms with Crippen molar-refractivity contribution < 1.29 is 14.3 Å². The number of rotatable bonds is 6. The van der Waals surface area contributed by atoms with Crippen LogP contribution in [-0.2, 0) is 17.8 Å². The minimum atomic E-state index is -0.173. The number of hydrogen-bond acceptors (Lipinski definition) is 3. The first-order valence-corrected chi connectivity index (χ1v) is 7.85.